The van der Waals surface area contributed by atoms with E-state index in [2.05, 4.69) is 26.5 Å². The minimum atomic E-state index is -1.10. The Morgan fingerprint density at radius 3 is 2.89 bits per heavy atom. The number of nitrogens with zero attached hydrogens (tertiary/aromatic N) is 1. The highest BCUT2D eigenvalue weighted by molar-refractivity contribution is 9.10. The Kier molecular flexibility index (Phi) is 3.83. The van der Waals surface area contributed by atoms with Crippen LogP contribution in [0, 0.1) is 0 Å². The first kappa shape index (κ1) is 12.8. The Hall–Kier alpha value is -1.60. The van der Waals surface area contributed by atoms with Crippen LogP contribution in [0.4, 0.5) is 0 Å². The molecule has 0 aromatic heterocycles. The van der Waals surface area contributed by atoms with Crippen LogP contribution in [-0.4, -0.2) is 30.1 Å². The number of fused-ring (bicyclic) bond motifs is 1. The SMILES string of the molecule is CC(O)C(=O)N/N=C/c1cc2c(cc1Br)OCO2. The number of carbonyl (C=O) groups excluding carboxylic acids is 1. The highest BCUT2D eigenvalue weighted by Crippen LogP contribution is 2.36. The normalized spacial score (nSPS) is 14.8. The molecule has 1 aromatic rings. The molecular formula is C11H11BrN2O4. The van der Waals surface area contributed by atoms with Crippen molar-refractivity contribution in [1.82, 2.24) is 5.43 Å². The highest BCUT2D eigenvalue weighted by Gasteiger charge is 2.15. The minimum Gasteiger partial charge on any atom is -0.454 e. The summed E-state index contributed by atoms with van der Waals surface area (Å²) in [5, 5.41) is 12.7. The molecule has 1 heterocycles. The van der Waals surface area contributed by atoms with Crippen LogP contribution in [0.2, 0.25) is 0 Å². The molecule has 1 aromatic carbocycles. The van der Waals surface area contributed by atoms with E-state index in [-0.39, 0.29) is 6.79 Å². The molecule has 0 bridgehead atoms. The molecule has 1 aliphatic heterocycles. The van der Waals surface area contributed by atoms with Gasteiger partial charge in [-0.25, -0.2) is 5.43 Å². The second kappa shape index (κ2) is 5.36. The van der Waals surface area contributed by atoms with E-state index in [0.717, 1.165) is 10.0 Å². The fourth-order valence-electron chi connectivity index (χ4n) is 1.29. The van der Waals surface area contributed by atoms with E-state index in [1.165, 1.54) is 13.1 Å². The van der Waals surface area contributed by atoms with Gasteiger partial charge in [0.25, 0.3) is 5.91 Å². The quantitative estimate of drug-likeness (QED) is 0.644. The third-order valence-electron chi connectivity index (χ3n) is 2.25. The number of nitrogens with one attached hydrogen (secondary N) is 1. The fourth-order valence-corrected chi connectivity index (χ4v) is 1.72. The molecule has 2 rings (SSSR count). The molecule has 0 fully saturated rings. The zero-order valence-electron chi connectivity index (χ0n) is 9.51. The van der Waals surface area contributed by atoms with Gasteiger partial charge in [0.2, 0.25) is 6.79 Å². The van der Waals surface area contributed by atoms with Crippen LogP contribution in [0.3, 0.4) is 0 Å². The van der Waals surface area contributed by atoms with E-state index >= 15 is 0 Å². The number of hydrogen-bond acceptors (Lipinski definition) is 5. The van der Waals surface area contributed by atoms with Gasteiger partial charge < -0.3 is 14.6 Å². The van der Waals surface area contributed by atoms with Gasteiger partial charge in [-0.1, -0.05) is 0 Å². The van der Waals surface area contributed by atoms with Gasteiger partial charge in [-0.3, -0.25) is 4.79 Å². The molecule has 0 radical (unpaired) electrons. The third-order valence-corrected chi connectivity index (χ3v) is 2.94. The van der Waals surface area contributed by atoms with E-state index in [0.29, 0.717) is 11.5 Å². The number of benzene rings is 1. The Bertz CT molecular complexity index is 502. The summed E-state index contributed by atoms with van der Waals surface area (Å²) in [7, 11) is 0. The second-order valence-electron chi connectivity index (χ2n) is 3.64. The highest BCUT2D eigenvalue weighted by atomic mass is 79.9. The summed E-state index contributed by atoms with van der Waals surface area (Å²) in [5.74, 6) is 0.719. The molecule has 7 heteroatoms. The van der Waals surface area contributed by atoms with Gasteiger partial charge in [-0.15, -0.1) is 0 Å². The zero-order chi connectivity index (χ0) is 13.1. The maximum atomic E-state index is 11.1. The van der Waals surface area contributed by atoms with Crippen LogP contribution in [0.25, 0.3) is 0 Å². The number of ether oxygens (including phenoxy) is 2. The van der Waals surface area contributed by atoms with E-state index in [1.807, 2.05) is 0 Å². The van der Waals surface area contributed by atoms with Crippen molar-refractivity contribution in [3.63, 3.8) is 0 Å². The molecule has 0 spiro atoms. The Morgan fingerprint density at radius 2 is 2.22 bits per heavy atom. The Labute approximate surface area is 112 Å². The summed E-state index contributed by atoms with van der Waals surface area (Å²) in [5.41, 5.74) is 2.94. The average molecular weight is 315 g/mol. The summed E-state index contributed by atoms with van der Waals surface area (Å²) in [6.45, 7) is 1.56. The monoisotopic (exact) mass is 314 g/mol. The lowest BCUT2D eigenvalue weighted by Crippen LogP contribution is -2.28. The Balaban J connectivity index is 2.10. The zero-order valence-corrected chi connectivity index (χ0v) is 11.1. The first-order valence-corrected chi connectivity index (χ1v) is 5.97. The van der Waals surface area contributed by atoms with E-state index in [1.54, 1.807) is 12.1 Å². The van der Waals surface area contributed by atoms with Crippen LogP contribution >= 0.6 is 15.9 Å². The molecule has 1 atom stereocenters. The molecule has 6 nitrogen and oxygen atoms in total. The molecule has 0 aliphatic carbocycles. The number of aliphatic hydroxyl groups excluding tert-OH is 1. The maximum Gasteiger partial charge on any atom is 0.268 e. The number of halogens is 1. The van der Waals surface area contributed by atoms with Gasteiger partial charge in [0.05, 0.1) is 6.21 Å². The Morgan fingerprint density at radius 1 is 1.56 bits per heavy atom. The topological polar surface area (TPSA) is 80.2 Å². The molecule has 0 saturated carbocycles. The van der Waals surface area contributed by atoms with Gasteiger partial charge in [-0.2, -0.15) is 5.10 Å². The number of aliphatic hydroxyl groups is 1. The van der Waals surface area contributed by atoms with Crippen molar-refractivity contribution in [1.29, 1.82) is 0 Å². The van der Waals surface area contributed by atoms with Crippen LogP contribution in [-0.2, 0) is 4.79 Å². The van der Waals surface area contributed by atoms with Crippen LogP contribution in [0.15, 0.2) is 21.7 Å². The number of hydrazone groups is 1. The number of carbonyl (C=O) groups is 1. The van der Waals surface area contributed by atoms with E-state index in [4.69, 9.17) is 14.6 Å². The van der Waals surface area contributed by atoms with Crippen LogP contribution in [0.5, 0.6) is 11.5 Å². The summed E-state index contributed by atoms with van der Waals surface area (Å²) < 4.78 is 11.2. The molecular weight excluding hydrogens is 304 g/mol. The van der Waals surface area contributed by atoms with Crippen molar-refractivity contribution in [3.8, 4) is 11.5 Å². The number of amides is 1. The summed E-state index contributed by atoms with van der Waals surface area (Å²) >= 11 is 3.36. The molecule has 18 heavy (non-hydrogen) atoms. The van der Waals surface area contributed by atoms with Crippen molar-refractivity contribution in [2.45, 2.75) is 13.0 Å². The molecule has 2 N–H and O–H groups in total. The molecule has 96 valence electrons. The van der Waals surface area contributed by atoms with Gasteiger partial charge in [0.1, 0.15) is 6.10 Å². The summed E-state index contributed by atoms with van der Waals surface area (Å²) in [6.07, 6.45) is 0.356. The van der Waals surface area contributed by atoms with Crippen LogP contribution in [0.1, 0.15) is 12.5 Å². The summed E-state index contributed by atoms with van der Waals surface area (Å²) in [4.78, 5) is 11.1. The van der Waals surface area contributed by atoms with Gasteiger partial charge in [-0.05, 0) is 35.0 Å². The standard InChI is InChI=1S/C11H11BrN2O4/c1-6(15)11(16)14-13-4-7-2-9-10(3-8(7)12)18-5-17-9/h2-4,6,15H,5H2,1H3,(H,14,16)/b13-4+. The van der Waals surface area contributed by atoms with E-state index in [9.17, 15) is 4.79 Å². The molecule has 0 saturated heterocycles. The lowest BCUT2D eigenvalue weighted by molar-refractivity contribution is -0.128. The van der Waals surface area contributed by atoms with Gasteiger partial charge in [0.15, 0.2) is 11.5 Å². The minimum absolute atomic E-state index is 0.196. The predicted molar refractivity (Wildman–Crippen MR) is 67.7 cm³/mol. The molecule has 1 aliphatic rings. The smallest absolute Gasteiger partial charge is 0.268 e. The third kappa shape index (κ3) is 2.80. The fraction of sp³-hybridized carbons (Fsp3) is 0.273. The molecule has 1 amide bonds. The second-order valence-corrected chi connectivity index (χ2v) is 4.49. The van der Waals surface area contributed by atoms with Gasteiger partial charge >= 0.3 is 0 Å². The lowest BCUT2D eigenvalue weighted by Gasteiger charge is -2.03. The number of hydrogen-bond donors (Lipinski definition) is 2. The largest absolute Gasteiger partial charge is 0.454 e. The molecule has 1 unspecified atom stereocenters. The van der Waals surface area contributed by atoms with Gasteiger partial charge in [0, 0.05) is 10.0 Å². The van der Waals surface area contributed by atoms with Crippen molar-refractivity contribution in [2.24, 2.45) is 5.10 Å². The van der Waals surface area contributed by atoms with E-state index < -0.39 is 12.0 Å². The summed E-state index contributed by atoms with van der Waals surface area (Å²) in [6, 6.07) is 3.50. The first-order valence-electron chi connectivity index (χ1n) is 5.18. The number of rotatable bonds is 3. The van der Waals surface area contributed by atoms with Crippen molar-refractivity contribution in [3.05, 3.63) is 22.2 Å². The van der Waals surface area contributed by atoms with Crippen LogP contribution < -0.4 is 14.9 Å². The average Bonchev–Trinajstić information content (AvgIpc) is 2.75. The van der Waals surface area contributed by atoms with Crippen molar-refractivity contribution in [2.75, 3.05) is 6.79 Å². The van der Waals surface area contributed by atoms with Crippen molar-refractivity contribution >= 4 is 28.1 Å². The predicted octanol–water partition coefficient (Wildman–Crippen LogP) is 1.01. The first-order chi connectivity index (χ1) is 8.58. The maximum absolute atomic E-state index is 11.1. The van der Waals surface area contributed by atoms with Crippen molar-refractivity contribution < 1.29 is 19.4 Å². The lowest BCUT2D eigenvalue weighted by atomic mass is 10.2.